The van der Waals surface area contributed by atoms with Gasteiger partial charge in [-0.3, -0.25) is 0 Å². The fraction of sp³-hybridized carbons (Fsp3) is 0. The molecule has 8 rings (SSSR count). The van der Waals surface area contributed by atoms with E-state index in [-0.39, 0.29) is 0 Å². The second-order valence-corrected chi connectivity index (χ2v) is 11.3. The lowest BCUT2D eigenvalue weighted by Gasteiger charge is -2.27. The third-order valence-corrected chi connectivity index (χ3v) is 9.02. The van der Waals surface area contributed by atoms with E-state index in [0.29, 0.717) is 0 Å². The highest BCUT2D eigenvalue weighted by molar-refractivity contribution is 7.26. The van der Waals surface area contributed by atoms with Gasteiger partial charge in [0.25, 0.3) is 0 Å². The number of nitrogens with zero attached hydrogens (tertiary/aromatic N) is 1. The van der Waals surface area contributed by atoms with E-state index in [0.717, 1.165) is 17.1 Å². The Labute approximate surface area is 237 Å². The molecule has 0 fully saturated rings. The van der Waals surface area contributed by atoms with Crippen LogP contribution >= 0.6 is 11.3 Å². The van der Waals surface area contributed by atoms with Crippen LogP contribution in [-0.4, -0.2) is 0 Å². The van der Waals surface area contributed by atoms with E-state index in [1.807, 2.05) is 11.3 Å². The molecule has 0 N–H and O–H groups in total. The normalized spacial score (nSPS) is 11.5. The van der Waals surface area contributed by atoms with Crippen LogP contribution in [-0.2, 0) is 0 Å². The van der Waals surface area contributed by atoms with Crippen molar-refractivity contribution in [3.8, 4) is 11.1 Å². The van der Waals surface area contributed by atoms with Crippen LogP contribution < -0.4 is 4.90 Å². The van der Waals surface area contributed by atoms with E-state index >= 15 is 0 Å². The van der Waals surface area contributed by atoms with Crippen molar-refractivity contribution in [2.24, 2.45) is 0 Å². The maximum atomic E-state index is 2.38. The van der Waals surface area contributed by atoms with Gasteiger partial charge >= 0.3 is 0 Å². The van der Waals surface area contributed by atoms with Crippen LogP contribution in [0.1, 0.15) is 0 Å². The summed E-state index contributed by atoms with van der Waals surface area (Å²) >= 11 is 1.88. The predicted molar refractivity (Wildman–Crippen MR) is 174 cm³/mol. The molecule has 0 atom stereocenters. The molecule has 0 aliphatic heterocycles. The van der Waals surface area contributed by atoms with Crippen molar-refractivity contribution in [2.45, 2.75) is 0 Å². The molecule has 0 bridgehead atoms. The Balaban J connectivity index is 1.33. The number of hydrogen-bond acceptors (Lipinski definition) is 2. The zero-order valence-corrected chi connectivity index (χ0v) is 22.6. The lowest BCUT2D eigenvalue weighted by Crippen LogP contribution is -2.10. The average molecular weight is 528 g/mol. The molecule has 0 saturated heterocycles. The highest BCUT2D eigenvalue weighted by atomic mass is 32.1. The van der Waals surface area contributed by atoms with Crippen LogP contribution in [0.3, 0.4) is 0 Å². The lowest BCUT2D eigenvalue weighted by atomic mass is 10.0. The maximum absolute atomic E-state index is 2.38. The Bertz CT molecular complexity index is 2110. The molecule has 40 heavy (non-hydrogen) atoms. The summed E-state index contributed by atoms with van der Waals surface area (Å²) in [7, 11) is 0. The number of rotatable bonds is 4. The molecule has 0 aliphatic carbocycles. The molecule has 8 aromatic rings. The molecule has 1 aromatic heterocycles. The Morgan fingerprint density at radius 2 is 0.975 bits per heavy atom. The molecule has 7 aromatic carbocycles. The smallest absolute Gasteiger partial charge is 0.0468 e. The van der Waals surface area contributed by atoms with E-state index in [9.17, 15) is 0 Å². The number of thiophene rings is 1. The molecule has 2 heteroatoms. The summed E-state index contributed by atoms with van der Waals surface area (Å²) in [5.74, 6) is 0. The van der Waals surface area contributed by atoms with Gasteiger partial charge in [0.15, 0.2) is 0 Å². The summed E-state index contributed by atoms with van der Waals surface area (Å²) in [6, 6.07) is 55.0. The van der Waals surface area contributed by atoms with E-state index in [1.165, 1.54) is 52.8 Å². The number of anilines is 3. The van der Waals surface area contributed by atoms with Crippen LogP contribution in [0, 0.1) is 0 Å². The van der Waals surface area contributed by atoms with Crippen LogP contribution in [0.4, 0.5) is 17.1 Å². The first kappa shape index (κ1) is 23.0. The summed E-state index contributed by atoms with van der Waals surface area (Å²) < 4.78 is 2.67. The van der Waals surface area contributed by atoms with Gasteiger partial charge < -0.3 is 4.90 Å². The van der Waals surface area contributed by atoms with Crippen molar-refractivity contribution in [1.29, 1.82) is 0 Å². The first-order valence-electron chi connectivity index (χ1n) is 13.6. The van der Waals surface area contributed by atoms with E-state index in [2.05, 4.69) is 157 Å². The van der Waals surface area contributed by atoms with Crippen LogP contribution in [0.2, 0.25) is 0 Å². The largest absolute Gasteiger partial charge is 0.310 e. The Hall–Kier alpha value is -4.92. The van der Waals surface area contributed by atoms with Gasteiger partial charge in [0.05, 0.1) is 0 Å². The molecule has 0 amide bonds. The summed E-state index contributed by atoms with van der Waals surface area (Å²) in [4.78, 5) is 2.38. The zero-order chi connectivity index (χ0) is 26.5. The molecule has 0 unspecified atom stereocenters. The van der Waals surface area contributed by atoms with Crippen molar-refractivity contribution in [3.05, 3.63) is 152 Å². The van der Waals surface area contributed by atoms with Gasteiger partial charge in [-0.1, -0.05) is 109 Å². The predicted octanol–water partition coefficient (Wildman–Crippen LogP) is 11.5. The monoisotopic (exact) mass is 527 g/mol. The van der Waals surface area contributed by atoms with Crippen molar-refractivity contribution >= 4 is 70.1 Å². The molecule has 188 valence electrons. The fourth-order valence-corrected chi connectivity index (χ4v) is 7.10. The topological polar surface area (TPSA) is 3.24 Å². The van der Waals surface area contributed by atoms with E-state index in [1.54, 1.807) is 0 Å². The van der Waals surface area contributed by atoms with Gasteiger partial charge in [-0.15, -0.1) is 11.3 Å². The SMILES string of the molecule is c1cc(-c2cccc3c2sc2ccccc23)cc(N(c2ccc3ccccc3c2)c2ccc3ccccc3c2)c1. The molecular weight excluding hydrogens is 502 g/mol. The minimum Gasteiger partial charge on any atom is -0.310 e. The van der Waals surface area contributed by atoms with Gasteiger partial charge in [-0.2, -0.15) is 0 Å². The molecule has 0 saturated carbocycles. The zero-order valence-electron chi connectivity index (χ0n) is 21.8. The van der Waals surface area contributed by atoms with Gasteiger partial charge in [0, 0.05) is 37.2 Å². The van der Waals surface area contributed by atoms with Crippen LogP contribution in [0.25, 0.3) is 52.8 Å². The summed E-state index contributed by atoms with van der Waals surface area (Å²) in [6.07, 6.45) is 0. The number of hydrogen-bond donors (Lipinski definition) is 0. The van der Waals surface area contributed by atoms with Crippen molar-refractivity contribution in [1.82, 2.24) is 0 Å². The first-order chi connectivity index (χ1) is 19.8. The molecular formula is C38H25NS. The number of benzene rings is 7. The van der Waals surface area contributed by atoms with Crippen molar-refractivity contribution in [2.75, 3.05) is 4.90 Å². The van der Waals surface area contributed by atoms with Crippen molar-refractivity contribution in [3.63, 3.8) is 0 Å². The van der Waals surface area contributed by atoms with Crippen LogP contribution in [0.5, 0.6) is 0 Å². The summed E-state index contributed by atoms with van der Waals surface area (Å²) in [5.41, 5.74) is 5.93. The lowest BCUT2D eigenvalue weighted by molar-refractivity contribution is 1.29. The van der Waals surface area contributed by atoms with Gasteiger partial charge in [-0.05, 0) is 75.1 Å². The van der Waals surface area contributed by atoms with Gasteiger partial charge in [0.2, 0.25) is 0 Å². The quantitative estimate of drug-likeness (QED) is 0.220. The molecule has 0 spiro atoms. The standard InChI is InChI=1S/C38H25NS/c1-3-11-28-23-32(21-19-26(28)9-1)39(33-22-20-27-10-2-4-12-29(27)24-33)31-14-7-13-30(25-31)34-16-8-17-36-35-15-5-6-18-37(35)40-38(34)36/h1-25H. The highest BCUT2D eigenvalue weighted by Crippen LogP contribution is 2.42. The molecule has 1 heterocycles. The Morgan fingerprint density at radius 3 is 1.70 bits per heavy atom. The molecule has 1 nitrogen and oxygen atoms in total. The second kappa shape index (κ2) is 9.37. The average Bonchev–Trinajstić information content (AvgIpc) is 3.40. The van der Waals surface area contributed by atoms with E-state index < -0.39 is 0 Å². The molecule has 0 aliphatic rings. The van der Waals surface area contributed by atoms with Gasteiger partial charge in [0.1, 0.15) is 0 Å². The summed E-state index contributed by atoms with van der Waals surface area (Å²) in [6.45, 7) is 0. The minimum absolute atomic E-state index is 1.14. The minimum atomic E-state index is 1.14. The molecule has 0 radical (unpaired) electrons. The fourth-order valence-electron chi connectivity index (χ4n) is 5.87. The second-order valence-electron chi connectivity index (χ2n) is 10.2. The van der Waals surface area contributed by atoms with Gasteiger partial charge in [-0.25, -0.2) is 0 Å². The van der Waals surface area contributed by atoms with E-state index in [4.69, 9.17) is 0 Å². The third-order valence-electron chi connectivity index (χ3n) is 7.80. The summed E-state index contributed by atoms with van der Waals surface area (Å²) in [5, 5.41) is 7.61. The Morgan fingerprint density at radius 1 is 0.400 bits per heavy atom. The first-order valence-corrected chi connectivity index (χ1v) is 14.4. The third kappa shape index (κ3) is 3.85. The highest BCUT2D eigenvalue weighted by Gasteiger charge is 2.16. The maximum Gasteiger partial charge on any atom is 0.0468 e. The van der Waals surface area contributed by atoms with Crippen molar-refractivity contribution < 1.29 is 0 Å². The number of fused-ring (bicyclic) bond motifs is 5. The Kier molecular flexibility index (Phi) is 5.39. The van der Waals surface area contributed by atoms with Crippen LogP contribution in [0.15, 0.2) is 152 Å².